The standard InChI is InChI=1S/C18H28F3N3O2/c1-4-22(13-18(19,20)21)6-5-7-23-8-10-24(11-9-23)17(25)16-12-14(2)26-15(16)3/h12H,4-11,13H2,1-3H3. The molecule has 1 aliphatic heterocycles. The van der Waals surface area contributed by atoms with Gasteiger partial charge in [0.05, 0.1) is 12.1 Å². The number of hydrogen-bond donors (Lipinski definition) is 0. The molecular weight excluding hydrogens is 347 g/mol. The average molecular weight is 375 g/mol. The van der Waals surface area contributed by atoms with Crippen molar-refractivity contribution >= 4 is 5.91 Å². The van der Waals surface area contributed by atoms with E-state index in [4.69, 9.17) is 4.42 Å². The fourth-order valence-electron chi connectivity index (χ4n) is 3.31. The van der Waals surface area contributed by atoms with E-state index in [1.54, 1.807) is 19.9 Å². The molecular formula is C18H28F3N3O2. The van der Waals surface area contributed by atoms with Crippen molar-refractivity contribution in [2.24, 2.45) is 0 Å². The van der Waals surface area contributed by atoms with Crippen molar-refractivity contribution < 1.29 is 22.4 Å². The number of aryl methyl sites for hydroxylation is 2. The molecule has 0 atom stereocenters. The molecule has 0 saturated carbocycles. The zero-order valence-electron chi connectivity index (χ0n) is 15.7. The maximum Gasteiger partial charge on any atom is 0.401 e. The Morgan fingerprint density at radius 1 is 1.23 bits per heavy atom. The maximum atomic E-state index is 12.5. The number of amides is 1. The summed E-state index contributed by atoms with van der Waals surface area (Å²) in [6, 6.07) is 1.77. The van der Waals surface area contributed by atoms with Gasteiger partial charge in [-0.05, 0) is 46.0 Å². The van der Waals surface area contributed by atoms with Crippen LogP contribution < -0.4 is 0 Å². The topological polar surface area (TPSA) is 39.9 Å². The number of piperazine rings is 1. The van der Waals surface area contributed by atoms with Crippen molar-refractivity contribution in [3.63, 3.8) is 0 Å². The molecule has 2 heterocycles. The summed E-state index contributed by atoms with van der Waals surface area (Å²) >= 11 is 0. The number of furan rings is 1. The van der Waals surface area contributed by atoms with Gasteiger partial charge in [0.25, 0.3) is 5.91 Å². The Balaban J connectivity index is 1.73. The highest BCUT2D eigenvalue weighted by atomic mass is 19.4. The van der Waals surface area contributed by atoms with Gasteiger partial charge in [0, 0.05) is 26.2 Å². The van der Waals surface area contributed by atoms with Crippen LogP contribution >= 0.6 is 0 Å². The van der Waals surface area contributed by atoms with Gasteiger partial charge >= 0.3 is 6.18 Å². The fourth-order valence-corrected chi connectivity index (χ4v) is 3.31. The van der Waals surface area contributed by atoms with Crippen LogP contribution in [0.4, 0.5) is 13.2 Å². The lowest BCUT2D eigenvalue weighted by Crippen LogP contribution is -2.49. The predicted octanol–water partition coefficient (Wildman–Crippen LogP) is 2.93. The van der Waals surface area contributed by atoms with Crippen LogP contribution in [0.5, 0.6) is 0 Å². The number of carbonyl (C=O) groups is 1. The minimum absolute atomic E-state index is 0.0127. The molecule has 1 aromatic rings. The van der Waals surface area contributed by atoms with Gasteiger partial charge in [-0.3, -0.25) is 14.6 Å². The Bertz CT molecular complexity index is 593. The molecule has 5 nitrogen and oxygen atoms in total. The predicted molar refractivity (Wildman–Crippen MR) is 93.3 cm³/mol. The molecule has 0 N–H and O–H groups in total. The van der Waals surface area contributed by atoms with Crippen molar-refractivity contribution in [2.75, 3.05) is 52.4 Å². The first kappa shape index (κ1) is 20.8. The number of hydrogen-bond acceptors (Lipinski definition) is 4. The van der Waals surface area contributed by atoms with E-state index >= 15 is 0 Å². The molecule has 1 aromatic heterocycles. The Hall–Kier alpha value is -1.54. The van der Waals surface area contributed by atoms with Crippen LogP contribution in [-0.2, 0) is 0 Å². The molecule has 1 aliphatic rings. The van der Waals surface area contributed by atoms with E-state index in [0.29, 0.717) is 43.9 Å². The Morgan fingerprint density at radius 2 is 1.88 bits per heavy atom. The molecule has 148 valence electrons. The quantitative estimate of drug-likeness (QED) is 0.735. The lowest BCUT2D eigenvalue weighted by molar-refractivity contribution is -0.145. The number of alkyl halides is 3. The second kappa shape index (κ2) is 8.90. The van der Waals surface area contributed by atoms with E-state index < -0.39 is 12.7 Å². The Labute approximate surface area is 152 Å². The summed E-state index contributed by atoms with van der Waals surface area (Å²) in [4.78, 5) is 18.0. The highest BCUT2D eigenvalue weighted by Crippen LogP contribution is 2.18. The molecule has 0 spiro atoms. The van der Waals surface area contributed by atoms with Gasteiger partial charge in [-0.1, -0.05) is 6.92 Å². The summed E-state index contributed by atoms with van der Waals surface area (Å²) in [6.07, 6.45) is -3.45. The summed E-state index contributed by atoms with van der Waals surface area (Å²) in [5.74, 6) is 1.35. The monoisotopic (exact) mass is 375 g/mol. The summed E-state index contributed by atoms with van der Waals surface area (Å²) in [5, 5.41) is 0. The van der Waals surface area contributed by atoms with Crippen LogP contribution in [0.15, 0.2) is 10.5 Å². The lowest BCUT2D eigenvalue weighted by Gasteiger charge is -2.35. The maximum absolute atomic E-state index is 12.5. The van der Waals surface area contributed by atoms with Crippen LogP contribution in [-0.4, -0.2) is 79.1 Å². The zero-order chi connectivity index (χ0) is 19.3. The van der Waals surface area contributed by atoms with E-state index in [2.05, 4.69) is 4.90 Å². The molecule has 26 heavy (non-hydrogen) atoms. The summed E-state index contributed by atoms with van der Waals surface area (Å²) in [5.41, 5.74) is 0.613. The molecule has 2 rings (SSSR count). The number of rotatable bonds is 7. The molecule has 1 saturated heterocycles. The van der Waals surface area contributed by atoms with Crippen LogP contribution in [0.1, 0.15) is 35.2 Å². The van der Waals surface area contributed by atoms with Crippen molar-refractivity contribution in [2.45, 2.75) is 33.4 Å². The molecule has 1 amide bonds. The fraction of sp³-hybridized carbons (Fsp3) is 0.722. The van der Waals surface area contributed by atoms with Crippen molar-refractivity contribution in [3.8, 4) is 0 Å². The first-order valence-electron chi connectivity index (χ1n) is 9.07. The minimum Gasteiger partial charge on any atom is -0.466 e. The van der Waals surface area contributed by atoms with Crippen LogP contribution in [0.3, 0.4) is 0 Å². The Kier molecular flexibility index (Phi) is 7.11. The Morgan fingerprint density at radius 3 is 2.38 bits per heavy atom. The van der Waals surface area contributed by atoms with E-state index in [9.17, 15) is 18.0 Å². The second-order valence-electron chi connectivity index (χ2n) is 6.80. The highest BCUT2D eigenvalue weighted by molar-refractivity contribution is 5.95. The van der Waals surface area contributed by atoms with Gasteiger partial charge in [-0.15, -0.1) is 0 Å². The second-order valence-corrected chi connectivity index (χ2v) is 6.80. The molecule has 0 bridgehead atoms. The highest BCUT2D eigenvalue weighted by Gasteiger charge is 2.30. The normalized spacial score (nSPS) is 16.5. The molecule has 0 aliphatic carbocycles. The SMILES string of the molecule is CCN(CCCN1CCN(C(=O)c2cc(C)oc2C)CC1)CC(F)(F)F. The van der Waals surface area contributed by atoms with Gasteiger partial charge in [0.1, 0.15) is 11.5 Å². The van der Waals surface area contributed by atoms with Gasteiger partial charge in [-0.2, -0.15) is 13.2 Å². The van der Waals surface area contributed by atoms with Gasteiger partial charge in [-0.25, -0.2) is 0 Å². The third kappa shape index (κ3) is 6.02. The summed E-state index contributed by atoms with van der Waals surface area (Å²) in [6.45, 7) is 8.82. The zero-order valence-corrected chi connectivity index (χ0v) is 15.7. The van der Waals surface area contributed by atoms with E-state index in [1.807, 2.05) is 11.8 Å². The van der Waals surface area contributed by atoms with Crippen molar-refractivity contribution in [3.05, 3.63) is 23.2 Å². The lowest BCUT2D eigenvalue weighted by atomic mass is 10.2. The third-order valence-corrected chi connectivity index (χ3v) is 4.73. The number of nitrogens with zero attached hydrogens (tertiary/aromatic N) is 3. The van der Waals surface area contributed by atoms with Gasteiger partial charge < -0.3 is 9.32 Å². The first-order chi connectivity index (χ1) is 12.2. The van der Waals surface area contributed by atoms with E-state index in [1.165, 1.54) is 4.90 Å². The molecule has 8 heteroatoms. The van der Waals surface area contributed by atoms with Crippen LogP contribution in [0.25, 0.3) is 0 Å². The largest absolute Gasteiger partial charge is 0.466 e. The third-order valence-electron chi connectivity index (χ3n) is 4.73. The summed E-state index contributed by atoms with van der Waals surface area (Å²) < 4.78 is 42.8. The van der Waals surface area contributed by atoms with E-state index in [0.717, 1.165) is 25.4 Å². The minimum atomic E-state index is -4.15. The van der Waals surface area contributed by atoms with Gasteiger partial charge in [0.15, 0.2) is 0 Å². The van der Waals surface area contributed by atoms with Crippen molar-refractivity contribution in [1.29, 1.82) is 0 Å². The number of halogens is 3. The first-order valence-corrected chi connectivity index (χ1v) is 9.07. The number of carbonyl (C=O) groups excluding carboxylic acids is 1. The van der Waals surface area contributed by atoms with Gasteiger partial charge in [0.2, 0.25) is 0 Å². The molecule has 0 aromatic carbocycles. The molecule has 1 fully saturated rings. The summed E-state index contributed by atoms with van der Waals surface area (Å²) in [7, 11) is 0. The molecule has 0 unspecified atom stereocenters. The smallest absolute Gasteiger partial charge is 0.401 e. The van der Waals surface area contributed by atoms with Crippen LogP contribution in [0.2, 0.25) is 0 Å². The van der Waals surface area contributed by atoms with E-state index in [-0.39, 0.29) is 5.91 Å². The average Bonchev–Trinajstić information content (AvgIpc) is 2.91. The van der Waals surface area contributed by atoms with Crippen LogP contribution in [0, 0.1) is 13.8 Å². The van der Waals surface area contributed by atoms with Crippen molar-refractivity contribution in [1.82, 2.24) is 14.7 Å². The molecule has 0 radical (unpaired) electrons.